The second kappa shape index (κ2) is 6.94. The third kappa shape index (κ3) is 4.86. The molecule has 4 nitrogen and oxygen atoms in total. The van der Waals surface area contributed by atoms with Crippen LogP contribution in [0, 0.1) is 0 Å². The highest BCUT2D eigenvalue weighted by molar-refractivity contribution is 7.90. The normalized spacial score (nSPS) is 11.3. The molecule has 2 rings (SSSR count). The standard InChI is InChI=1S/C16H15ClO4S/c17-15-7-3-13(4-8-15)11-22(20,21)10-9-12-1-5-14(6-2-12)16(18)19/h1-8H,9-11H2,(H,18,19). The molecule has 0 heterocycles. The largest absolute Gasteiger partial charge is 0.478 e. The van der Waals surface area contributed by atoms with Crippen LogP contribution < -0.4 is 0 Å². The molecule has 0 saturated carbocycles. The minimum absolute atomic E-state index is 0.0159. The summed E-state index contributed by atoms with van der Waals surface area (Å²) in [6, 6.07) is 13.0. The van der Waals surface area contributed by atoms with E-state index in [1.165, 1.54) is 12.1 Å². The summed E-state index contributed by atoms with van der Waals surface area (Å²) in [5.74, 6) is -1.01. The van der Waals surface area contributed by atoms with Crippen LogP contribution in [0.4, 0.5) is 0 Å². The second-order valence-corrected chi connectivity index (χ2v) is 7.59. The van der Waals surface area contributed by atoms with Gasteiger partial charge in [-0.15, -0.1) is 0 Å². The number of hydrogen-bond donors (Lipinski definition) is 1. The molecule has 0 saturated heterocycles. The highest BCUT2D eigenvalue weighted by Crippen LogP contribution is 2.13. The smallest absolute Gasteiger partial charge is 0.335 e. The zero-order valence-corrected chi connectivity index (χ0v) is 13.3. The molecule has 0 unspecified atom stereocenters. The van der Waals surface area contributed by atoms with Gasteiger partial charge in [0.1, 0.15) is 0 Å². The number of aryl methyl sites for hydroxylation is 1. The van der Waals surface area contributed by atoms with Gasteiger partial charge in [-0.1, -0.05) is 35.9 Å². The number of rotatable bonds is 6. The summed E-state index contributed by atoms with van der Waals surface area (Å²) >= 11 is 5.77. The van der Waals surface area contributed by atoms with Crippen LogP contribution in [0.2, 0.25) is 5.02 Å². The van der Waals surface area contributed by atoms with Gasteiger partial charge >= 0.3 is 5.97 Å². The molecule has 0 aliphatic rings. The second-order valence-electron chi connectivity index (χ2n) is 4.97. The van der Waals surface area contributed by atoms with E-state index in [2.05, 4.69) is 0 Å². The molecule has 2 aromatic rings. The van der Waals surface area contributed by atoms with Crippen LogP contribution in [0.5, 0.6) is 0 Å². The van der Waals surface area contributed by atoms with Gasteiger partial charge in [0.25, 0.3) is 0 Å². The number of benzene rings is 2. The van der Waals surface area contributed by atoms with E-state index in [1.54, 1.807) is 36.4 Å². The van der Waals surface area contributed by atoms with Crippen molar-refractivity contribution in [1.29, 1.82) is 0 Å². The van der Waals surface area contributed by atoms with E-state index in [-0.39, 0.29) is 17.1 Å². The molecule has 0 bridgehead atoms. The molecule has 0 aromatic heterocycles. The first kappa shape index (κ1) is 16.5. The number of carboxylic acid groups (broad SMARTS) is 1. The lowest BCUT2D eigenvalue weighted by Gasteiger charge is -2.05. The maximum Gasteiger partial charge on any atom is 0.335 e. The lowest BCUT2D eigenvalue weighted by atomic mass is 10.1. The quantitative estimate of drug-likeness (QED) is 0.878. The topological polar surface area (TPSA) is 71.4 Å². The minimum atomic E-state index is -3.23. The van der Waals surface area contributed by atoms with Crippen molar-refractivity contribution in [2.24, 2.45) is 0 Å². The first-order valence-electron chi connectivity index (χ1n) is 6.63. The fourth-order valence-corrected chi connectivity index (χ4v) is 3.51. The fourth-order valence-electron chi connectivity index (χ4n) is 1.99. The van der Waals surface area contributed by atoms with Crippen molar-refractivity contribution in [2.45, 2.75) is 12.2 Å². The molecule has 0 aliphatic carbocycles. The Bertz CT molecular complexity index is 750. The SMILES string of the molecule is O=C(O)c1ccc(CCS(=O)(=O)Cc2ccc(Cl)cc2)cc1. The number of hydrogen-bond acceptors (Lipinski definition) is 3. The van der Waals surface area contributed by atoms with Gasteiger partial charge in [0.15, 0.2) is 9.84 Å². The molecule has 1 N–H and O–H groups in total. The molecule has 0 radical (unpaired) electrons. The summed E-state index contributed by atoms with van der Waals surface area (Å²) in [6.07, 6.45) is 0.357. The zero-order chi connectivity index (χ0) is 16.2. The summed E-state index contributed by atoms with van der Waals surface area (Å²) in [7, 11) is -3.23. The van der Waals surface area contributed by atoms with E-state index >= 15 is 0 Å². The fraction of sp³-hybridized carbons (Fsp3) is 0.188. The predicted molar refractivity (Wildman–Crippen MR) is 86.0 cm³/mol. The van der Waals surface area contributed by atoms with Crippen LogP contribution in [-0.2, 0) is 22.0 Å². The number of sulfone groups is 1. The number of carbonyl (C=O) groups is 1. The van der Waals surface area contributed by atoms with Crippen molar-refractivity contribution in [3.05, 3.63) is 70.2 Å². The van der Waals surface area contributed by atoms with Gasteiger partial charge < -0.3 is 5.11 Å². The van der Waals surface area contributed by atoms with Crippen LogP contribution in [0.25, 0.3) is 0 Å². The lowest BCUT2D eigenvalue weighted by molar-refractivity contribution is 0.0697. The van der Waals surface area contributed by atoms with Gasteiger partial charge in [-0.25, -0.2) is 13.2 Å². The first-order valence-corrected chi connectivity index (χ1v) is 8.83. The van der Waals surface area contributed by atoms with E-state index in [0.29, 0.717) is 17.0 Å². The van der Waals surface area contributed by atoms with Gasteiger partial charge in [0.05, 0.1) is 17.1 Å². The van der Waals surface area contributed by atoms with Gasteiger partial charge in [0, 0.05) is 5.02 Å². The molecule has 2 aromatic carbocycles. The van der Waals surface area contributed by atoms with Crippen molar-refractivity contribution in [1.82, 2.24) is 0 Å². The van der Waals surface area contributed by atoms with Gasteiger partial charge in [-0.3, -0.25) is 0 Å². The molecule has 22 heavy (non-hydrogen) atoms. The van der Waals surface area contributed by atoms with Crippen LogP contribution >= 0.6 is 11.6 Å². The van der Waals surface area contributed by atoms with Gasteiger partial charge in [0.2, 0.25) is 0 Å². The monoisotopic (exact) mass is 338 g/mol. The summed E-state index contributed by atoms with van der Waals surface area (Å²) < 4.78 is 24.2. The van der Waals surface area contributed by atoms with E-state index in [4.69, 9.17) is 16.7 Å². The maximum absolute atomic E-state index is 12.1. The molecule has 6 heteroatoms. The molecule has 0 amide bonds. The van der Waals surface area contributed by atoms with Crippen molar-refractivity contribution < 1.29 is 18.3 Å². The lowest BCUT2D eigenvalue weighted by Crippen LogP contribution is -2.11. The molecule has 116 valence electrons. The Hall–Kier alpha value is -1.85. The average Bonchev–Trinajstić information content (AvgIpc) is 2.48. The van der Waals surface area contributed by atoms with Crippen molar-refractivity contribution >= 4 is 27.4 Å². The van der Waals surface area contributed by atoms with E-state index in [9.17, 15) is 13.2 Å². The Morgan fingerprint density at radius 2 is 1.50 bits per heavy atom. The minimum Gasteiger partial charge on any atom is -0.478 e. The highest BCUT2D eigenvalue weighted by atomic mass is 35.5. The number of halogens is 1. The highest BCUT2D eigenvalue weighted by Gasteiger charge is 2.12. The first-order chi connectivity index (χ1) is 10.4. The Kier molecular flexibility index (Phi) is 5.21. The summed E-state index contributed by atoms with van der Waals surface area (Å²) in [5.41, 5.74) is 1.68. The molecule has 0 atom stereocenters. The van der Waals surface area contributed by atoms with Gasteiger partial charge in [-0.2, -0.15) is 0 Å². The molecular weight excluding hydrogens is 324 g/mol. The Balaban J connectivity index is 1.97. The zero-order valence-electron chi connectivity index (χ0n) is 11.7. The molecule has 0 spiro atoms. The number of carboxylic acids is 1. The third-order valence-corrected chi connectivity index (χ3v) is 5.05. The summed E-state index contributed by atoms with van der Waals surface area (Å²) in [4.78, 5) is 10.8. The molecular formula is C16H15ClO4S. The van der Waals surface area contributed by atoms with Crippen LogP contribution in [-0.4, -0.2) is 25.2 Å². The van der Waals surface area contributed by atoms with Crippen LogP contribution in [0.1, 0.15) is 21.5 Å². The van der Waals surface area contributed by atoms with Crippen molar-refractivity contribution in [2.75, 3.05) is 5.75 Å². The Morgan fingerprint density at radius 1 is 0.955 bits per heavy atom. The van der Waals surface area contributed by atoms with Crippen molar-refractivity contribution in [3.8, 4) is 0 Å². The summed E-state index contributed by atoms with van der Waals surface area (Å²) in [6.45, 7) is 0. The predicted octanol–water partition coefficient (Wildman–Crippen LogP) is 3.20. The third-order valence-electron chi connectivity index (χ3n) is 3.20. The number of aromatic carboxylic acids is 1. The molecule has 0 aliphatic heterocycles. The van der Waals surface area contributed by atoms with Crippen LogP contribution in [0.3, 0.4) is 0 Å². The van der Waals surface area contributed by atoms with E-state index < -0.39 is 15.8 Å². The maximum atomic E-state index is 12.1. The molecule has 0 fully saturated rings. The Labute approximate surface area is 134 Å². The summed E-state index contributed by atoms with van der Waals surface area (Å²) in [5, 5.41) is 9.38. The van der Waals surface area contributed by atoms with Gasteiger partial charge in [-0.05, 0) is 41.8 Å². The van der Waals surface area contributed by atoms with E-state index in [1.807, 2.05) is 0 Å². The van der Waals surface area contributed by atoms with Crippen LogP contribution in [0.15, 0.2) is 48.5 Å². The Morgan fingerprint density at radius 3 is 2.05 bits per heavy atom. The average molecular weight is 339 g/mol. The van der Waals surface area contributed by atoms with E-state index in [0.717, 1.165) is 5.56 Å². The van der Waals surface area contributed by atoms with Crippen molar-refractivity contribution in [3.63, 3.8) is 0 Å².